The minimum atomic E-state index is 0.0506. The van der Waals surface area contributed by atoms with E-state index in [4.69, 9.17) is 9.72 Å². The predicted molar refractivity (Wildman–Crippen MR) is 94.1 cm³/mol. The van der Waals surface area contributed by atoms with Crippen molar-refractivity contribution in [1.82, 2.24) is 4.98 Å². The van der Waals surface area contributed by atoms with E-state index in [1.165, 1.54) is 0 Å². The van der Waals surface area contributed by atoms with Gasteiger partial charge in [-0.2, -0.15) is 0 Å². The van der Waals surface area contributed by atoms with E-state index in [9.17, 15) is 4.79 Å². The summed E-state index contributed by atoms with van der Waals surface area (Å²) in [6.45, 7) is 2.67. The zero-order valence-electron chi connectivity index (χ0n) is 12.6. The van der Waals surface area contributed by atoms with Crippen molar-refractivity contribution in [3.05, 3.63) is 58.1 Å². The van der Waals surface area contributed by atoms with E-state index in [2.05, 4.69) is 22.9 Å². The summed E-state index contributed by atoms with van der Waals surface area (Å²) in [4.78, 5) is 17.5. The lowest BCUT2D eigenvalue weighted by molar-refractivity contribution is 0.104. The number of pyridine rings is 1. The van der Waals surface area contributed by atoms with E-state index in [1.54, 1.807) is 0 Å². The molecular formula is C19H14BrNO2. The molecule has 0 fully saturated rings. The van der Waals surface area contributed by atoms with Gasteiger partial charge in [-0.25, -0.2) is 4.98 Å². The fourth-order valence-electron chi connectivity index (χ4n) is 3.02. The van der Waals surface area contributed by atoms with E-state index in [1.807, 2.05) is 42.5 Å². The molecule has 0 radical (unpaired) electrons. The number of hydrogen-bond donors (Lipinski definition) is 0. The minimum Gasteiger partial charge on any atom is -0.477 e. The van der Waals surface area contributed by atoms with Gasteiger partial charge >= 0.3 is 0 Å². The van der Waals surface area contributed by atoms with Gasteiger partial charge in [0, 0.05) is 27.5 Å². The van der Waals surface area contributed by atoms with Crippen molar-refractivity contribution < 1.29 is 9.53 Å². The Labute approximate surface area is 142 Å². The lowest BCUT2D eigenvalue weighted by Crippen LogP contribution is -2.12. The van der Waals surface area contributed by atoms with Crippen molar-refractivity contribution in [3.8, 4) is 17.1 Å². The monoisotopic (exact) mass is 367 g/mol. The molecule has 0 aliphatic heterocycles. The van der Waals surface area contributed by atoms with E-state index < -0.39 is 0 Å². The van der Waals surface area contributed by atoms with Crippen LogP contribution in [0.5, 0.6) is 5.88 Å². The quantitative estimate of drug-likeness (QED) is 0.511. The molecule has 1 aromatic heterocycles. The summed E-state index contributed by atoms with van der Waals surface area (Å²) < 4.78 is 6.60. The van der Waals surface area contributed by atoms with Crippen molar-refractivity contribution in [2.45, 2.75) is 13.3 Å². The summed E-state index contributed by atoms with van der Waals surface area (Å²) in [5, 5.41) is 1.85. The molecule has 3 nitrogen and oxygen atoms in total. The van der Waals surface area contributed by atoms with Gasteiger partial charge in [-0.05, 0) is 22.4 Å². The zero-order chi connectivity index (χ0) is 16.0. The second-order valence-electron chi connectivity index (χ2n) is 5.53. The lowest BCUT2D eigenvalue weighted by atomic mass is 9.86. The molecule has 0 N–H and O–H groups in total. The summed E-state index contributed by atoms with van der Waals surface area (Å²) in [5.41, 5.74) is 3.09. The molecule has 2 aromatic carbocycles. The smallest absolute Gasteiger partial charge is 0.229 e. The average molecular weight is 368 g/mol. The van der Waals surface area contributed by atoms with Crippen molar-refractivity contribution in [3.63, 3.8) is 0 Å². The Balaban J connectivity index is 2.11. The first-order valence-corrected chi connectivity index (χ1v) is 8.40. The normalized spacial score (nSPS) is 12.3. The third-order valence-electron chi connectivity index (χ3n) is 4.05. The molecule has 0 amide bonds. The van der Waals surface area contributed by atoms with Gasteiger partial charge in [0.05, 0.1) is 16.8 Å². The largest absolute Gasteiger partial charge is 0.477 e. The number of ether oxygens (including phenoxy) is 1. The van der Waals surface area contributed by atoms with Gasteiger partial charge in [0.1, 0.15) is 0 Å². The van der Waals surface area contributed by atoms with E-state index in [0.717, 1.165) is 32.9 Å². The first-order chi connectivity index (χ1) is 11.2. The van der Waals surface area contributed by atoms with Crippen LogP contribution in [0.1, 0.15) is 29.3 Å². The van der Waals surface area contributed by atoms with Gasteiger partial charge in [0.2, 0.25) is 5.88 Å². The second-order valence-corrected chi connectivity index (χ2v) is 6.32. The molecule has 0 bridgehead atoms. The fraction of sp³-hybridized carbons (Fsp3) is 0.158. The number of rotatable bonds is 3. The highest BCUT2D eigenvalue weighted by Crippen LogP contribution is 2.43. The maximum Gasteiger partial charge on any atom is 0.229 e. The van der Waals surface area contributed by atoms with Crippen LogP contribution in [0, 0.1) is 0 Å². The van der Waals surface area contributed by atoms with Gasteiger partial charge in [-0.1, -0.05) is 49.4 Å². The number of ketones is 1. The number of benzene rings is 2. The highest BCUT2D eigenvalue weighted by Gasteiger charge is 2.28. The highest BCUT2D eigenvalue weighted by molar-refractivity contribution is 9.10. The summed E-state index contributed by atoms with van der Waals surface area (Å²) in [6.07, 6.45) is 0.913. The molecule has 1 heterocycles. The van der Waals surface area contributed by atoms with Crippen LogP contribution in [0.25, 0.3) is 22.0 Å². The van der Waals surface area contributed by atoms with Crippen LogP contribution in [0.4, 0.5) is 0 Å². The van der Waals surface area contributed by atoms with Gasteiger partial charge in [-0.3, -0.25) is 4.79 Å². The predicted octanol–water partition coefficient (Wildman–Crippen LogP) is 5.00. The van der Waals surface area contributed by atoms with Crippen LogP contribution >= 0.6 is 15.9 Å². The third kappa shape index (κ3) is 2.09. The Hall–Kier alpha value is -2.20. The number of carbonyl (C=O) groups is 1. The summed E-state index contributed by atoms with van der Waals surface area (Å²) in [6, 6.07) is 13.4. The third-order valence-corrected chi connectivity index (χ3v) is 4.82. The molecule has 4 rings (SSSR count). The van der Waals surface area contributed by atoms with Crippen molar-refractivity contribution >= 4 is 32.5 Å². The van der Waals surface area contributed by atoms with Crippen LogP contribution < -0.4 is 4.74 Å². The Morgan fingerprint density at radius 1 is 1.04 bits per heavy atom. The molecule has 0 saturated heterocycles. The van der Waals surface area contributed by atoms with E-state index >= 15 is 0 Å². The summed E-state index contributed by atoms with van der Waals surface area (Å²) >= 11 is 3.59. The highest BCUT2D eigenvalue weighted by atomic mass is 79.9. The average Bonchev–Trinajstić information content (AvgIpc) is 2.60. The number of halogens is 1. The molecule has 1 aliphatic carbocycles. The molecule has 114 valence electrons. The summed E-state index contributed by atoms with van der Waals surface area (Å²) in [5.74, 6) is 0.630. The number of carbonyl (C=O) groups excluding carboxylic acids is 1. The Morgan fingerprint density at radius 2 is 1.78 bits per heavy atom. The number of hydrogen-bond acceptors (Lipinski definition) is 3. The first-order valence-electron chi connectivity index (χ1n) is 7.61. The number of aromatic nitrogens is 1. The molecule has 0 saturated carbocycles. The zero-order valence-corrected chi connectivity index (χ0v) is 14.2. The van der Waals surface area contributed by atoms with Crippen LogP contribution in [0.2, 0.25) is 0 Å². The topological polar surface area (TPSA) is 39.2 Å². The minimum absolute atomic E-state index is 0.0506. The first kappa shape index (κ1) is 14.4. The van der Waals surface area contributed by atoms with Crippen LogP contribution in [0.3, 0.4) is 0 Å². The Kier molecular flexibility index (Phi) is 3.42. The molecule has 1 aliphatic rings. The van der Waals surface area contributed by atoms with Gasteiger partial charge < -0.3 is 4.74 Å². The van der Waals surface area contributed by atoms with Crippen LogP contribution in [0.15, 0.2) is 46.9 Å². The molecule has 3 aromatic rings. The van der Waals surface area contributed by atoms with Crippen LogP contribution in [-0.2, 0) is 0 Å². The SMILES string of the molecule is CCCOc1nc2c3c(cccc3c1Br)C(=O)c1ccccc1-2. The molecule has 0 unspecified atom stereocenters. The van der Waals surface area contributed by atoms with Gasteiger partial charge in [-0.15, -0.1) is 0 Å². The van der Waals surface area contributed by atoms with Crippen LogP contribution in [-0.4, -0.2) is 17.4 Å². The Bertz CT molecular complexity index is 949. The fourth-order valence-corrected chi connectivity index (χ4v) is 3.56. The van der Waals surface area contributed by atoms with E-state index in [-0.39, 0.29) is 5.78 Å². The molecule has 4 heteroatoms. The molecular weight excluding hydrogens is 354 g/mol. The number of nitrogens with zero attached hydrogens (tertiary/aromatic N) is 1. The number of fused-ring (bicyclic) bond motifs is 2. The van der Waals surface area contributed by atoms with Crippen molar-refractivity contribution in [2.24, 2.45) is 0 Å². The molecule has 0 spiro atoms. The molecule has 0 atom stereocenters. The second kappa shape index (κ2) is 5.46. The maximum atomic E-state index is 12.8. The maximum absolute atomic E-state index is 12.8. The molecule has 23 heavy (non-hydrogen) atoms. The lowest BCUT2D eigenvalue weighted by Gasteiger charge is -2.21. The van der Waals surface area contributed by atoms with E-state index in [0.29, 0.717) is 23.6 Å². The van der Waals surface area contributed by atoms with Crippen molar-refractivity contribution in [1.29, 1.82) is 0 Å². The summed E-state index contributed by atoms with van der Waals surface area (Å²) in [7, 11) is 0. The standard InChI is InChI=1S/C19H14BrNO2/c1-2-10-23-19-16(20)13-8-5-9-14-15(13)17(21-19)11-6-3-4-7-12(11)18(14)22/h3-9H,2,10H2,1H3. The van der Waals surface area contributed by atoms with Gasteiger partial charge in [0.25, 0.3) is 0 Å². The van der Waals surface area contributed by atoms with Crippen molar-refractivity contribution in [2.75, 3.05) is 6.61 Å². The Morgan fingerprint density at radius 3 is 2.57 bits per heavy atom. The van der Waals surface area contributed by atoms with Gasteiger partial charge in [0.15, 0.2) is 5.78 Å².